The molecule has 3 aromatic heterocycles. The molecule has 0 saturated carbocycles. The Morgan fingerprint density at radius 2 is 2.08 bits per heavy atom. The summed E-state index contributed by atoms with van der Waals surface area (Å²) in [5, 5.41) is 6.01. The number of carbonyl (C=O) groups is 2. The van der Waals surface area contributed by atoms with E-state index in [2.05, 4.69) is 15.6 Å². The van der Waals surface area contributed by atoms with Gasteiger partial charge in [0.1, 0.15) is 15.6 Å². The standard InChI is InChI=1S/C16H14ClN3O3S2/c1-9-14(25-16(20-9)11-4-5-12(17)24-11)15(22)19-8-13(21)18-7-10-3-2-6-23-10/h2-6H,7-8H2,1H3,(H,18,21)(H,19,22). The lowest BCUT2D eigenvalue weighted by Gasteiger charge is -2.05. The first-order valence-electron chi connectivity index (χ1n) is 7.33. The quantitative estimate of drug-likeness (QED) is 0.669. The van der Waals surface area contributed by atoms with Gasteiger partial charge in [0.15, 0.2) is 0 Å². The van der Waals surface area contributed by atoms with E-state index in [9.17, 15) is 9.59 Å². The maximum Gasteiger partial charge on any atom is 0.263 e. The molecule has 25 heavy (non-hydrogen) atoms. The summed E-state index contributed by atoms with van der Waals surface area (Å²) in [5.41, 5.74) is 0.623. The second kappa shape index (κ2) is 7.81. The SMILES string of the molecule is Cc1nc(-c2ccc(Cl)s2)sc1C(=O)NCC(=O)NCc1ccco1. The van der Waals surface area contributed by atoms with Crippen LogP contribution in [0, 0.1) is 6.92 Å². The predicted octanol–water partition coefficient (Wildman–Crippen LogP) is 3.47. The molecule has 2 amide bonds. The molecule has 0 fully saturated rings. The van der Waals surface area contributed by atoms with Crippen LogP contribution >= 0.6 is 34.3 Å². The summed E-state index contributed by atoms with van der Waals surface area (Å²) in [5.74, 6) is 0.0338. The third-order valence-electron chi connectivity index (χ3n) is 3.24. The van der Waals surface area contributed by atoms with E-state index in [0.717, 1.165) is 9.88 Å². The zero-order chi connectivity index (χ0) is 17.8. The number of aryl methyl sites for hydroxylation is 1. The Hall–Kier alpha value is -2.16. The first-order valence-corrected chi connectivity index (χ1v) is 9.34. The number of thiophene rings is 1. The zero-order valence-corrected chi connectivity index (χ0v) is 15.6. The van der Waals surface area contributed by atoms with Crippen LogP contribution < -0.4 is 10.6 Å². The molecule has 3 heterocycles. The fourth-order valence-electron chi connectivity index (χ4n) is 2.04. The summed E-state index contributed by atoms with van der Waals surface area (Å²) in [7, 11) is 0. The van der Waals surface area contributed by atoms with Crippen LogP contribution in [0.15, 0.2) is 34.9 Å². The number of aromatic nitrogens is 1. The molecule has 0 spiro atoms. The number of hydrogen-bond donors (Lipinski definition) is 2. The highest BCUT2D eigenvalue weighted by molar-refractivity contribution is 7.24. The van der Waals surface area contributed by atoms with Crippen LogP contribution in [-0.4, -0.2) is 23.3 Å². The monoisotopic (exact) mass is 395 g/mol. The summed E-state index contributed by atoms with van der Waals surface area (Å²) in [6, 6.07) is 7.17. The largest absolute Gasteiger partial charge is 0.467 e. The summed E-state index contributed by atoms with van der Waals surface area (Å²) in [4.78, 5) is 29.9. The topological polar surface area (TPSA) is 84.2 Å². The van der Waals surface area contributed by atoms with Gasteiger partial charge in [0.2, 0.25) is 5.91 Å². The van der Waals surface area contributed by atoms with Crippen molar-refractivity contribution in [1.82, 2.24) is 15.6 Å². The van der Waals surface area contributed by atoms with Crippen molar-refractivity contribution in [3.63, 3.8) is 0 Å². The van der Waals surface area contributed by atoms with E-state index >= 15 is 0 Å². The molecule has 0 radical (unpaired) electrons. The molecule has 0 saturated heterocycles. The minimum absolute atomic E-state index is 0.114. The van der Waals surface area contributed by atoms with E-state index in [-0.39, 0.29) is 24.9 Å². The van der Waals surface area contributed by atoms with Crippen LogP contribution in [0.4, 0.5) is 0 Å². The lowest BCUT2D eigenvalue weighted by molar-refractivity contribution is -0.120. The number of nitrogens with one attached hydrogen (secondary N) is 2. The van der Waals surface area contributed by atoms with Crippen LogP contribution in [0.2, 0.25) is 4.34 Å². The van der Waals surface area contributed by atoms with E-state index in [1.165, 1.54) is 28.9 Å². The average Bonchev–Trinajstić information content (AvgIpc) is 3.31. The molecule has 0 aliphatic heterocycles. The van der Waals surface area contributed by atoms with E-state index in [0.29, 0.717) is 20.7 Å². The predicted molar refractivity (Wildman–Crippen MR) is 98.1 cm³/mol. The third kappa shape index (κ3) is 4.47. The molecule has 130 valence electrons. The Kier molecular flexibility index (Phi) is 5.52. The van der Waals surface area contributed by atoms with Crippen molar-refractivity contribution in [3.05, 3.63) is 51.2 Å². The van der Waals surface area contributed by atoms with Gasteiger partial charge >= 0.3 is 0 Å². The van der Waals surface area contributed by atoms with Crippen LogP contribution in [0.25, 0.3) is 9.88 Å². The number of hydrogen-bond acceptors (Lipinski definition) is 6. The zero-order valence-electron chi connectivity index (χ0n) is 13.2. The van der Waals surface area contributed by atoms with Gasteiger partial charge in [-0.1, -0.05) is 11.6 Å². The summed E-state index contributed by atoms with van der Waals surface area (Å²) < 4.78 is 5.79. The summed E-state index contributed by atoms with van der Waals surface area (Å²) >= 11 is 8.62. The van der Waals surface area contributed by atoms with Gasteiger partial charge in [-0.2, -0.15) is 0 Å². The number of furan rings is 1. The fraction of sp³-hybridized carbons (Fsp3) is 0.188. The molecular weight excluding hydrogens is 382 g/mol. The highest BCUT2D eigenvalue weighted by Crippen LogP contribution is 2.34. The normalized spacial score (nSPS) is 10.6. The minimum Gasteiger partial charge on any atom is -0.467 e. The second-order valence-corrected chi connectivity index (χ2v) is 7.79. The molecule has 0 unspecified atom stereocenters. The molecule has 2 N–H and O–H groups in total. The number of halogens is 1. The minimum atomic E-state index is -0.322. The van der Waals surface area contributed by atoms with Gasteiger partial charge in [0, 0.05) is 0 Å². The molecule has 0 bridgehead atoms. The maximum atomic E-state index is 12.3. The molecule has 0 aliphatic rings. The van der Waals surface area contributed by atoms with Crippen LogP contribution in [-0.2, 0) is 11.3 Å². The van der Waals surface area contributed by atoms with Crippen molar-refractivity contribution >= 4 is 46.1 Å². The first kappa shape index (κ1) is 17.7. The lowest BCUT2D eigenvalue weighted by atomic mass is 10.3. The van der Waals surface area contributed by atoms with Gasteiger partial charge in [-0.15, -0.1) is 22.7 Å². The molecule has 3 aromatic rings. The van der Waals surface area contributed by atoms with Gasteiger partial charge in [-0.3, -0.25) is 9.59 Å². The van der Waals surface area contributed by atoms with Gasteiger partial charge in [-0.05, 0) is 31.2 Å². The number of nitrogens with zero attached hydrogens (tertiary/aromatic N) is 1. The lowest BCUT2D eigenvalue weighted by Crippen LogP contribution is -2.36. The Morgan fingerprint density at radius 1 is 1.24 bits per heavy atom. The average molecular weight is 396 g/mol. The highest BCUT2D eigenvalue weighted by atomic mass is 35.5. The van der Waals surface area contributed by atoms with E-state index in [4.69, 9.17) is 16.0 Å². The summed E-state index contributed by atoms with van der Waals surface area (Å²) in [6.45, 7) is 1.93. The molecule has 3 rings (SSSR count). The van der Waals surface area contributed by atoms with Crippen LogP contribution in [0.3, 0.4) is 0 Å². The fourth-order valence-corrected chi connectivity index (χ4v) is 4.12. The van der Waals surface area contributed by atoms with Crippen molar-refractivity contribution in [2.24, 2.45) is 0 Å². The second-order valence-electron chi connectivity index (χ2n) is 5.08. The van der Waals surface area contributed by atoms with Crippen LogP contribution in [0.1, 0.15) is 21.1 Å². The van der Waals surface area contributed by atoms with Crippen molar-refractivity contribution < 1.29 is 14.0 Å². The van der Waals surface area contributed by atoms with Crippen molar-refractivity contribution in [2.45, 2.75) is 13.5 Å². The third-order valence-corrected chi connectivity index (χ3v) is 5.79. The van der Waals surface area contributed by atoms with Gasteiger partial charge < -0.3 is 15.1 Å². The van der Waals surface area contributed by atoms with Gasteiger partial charge in [-0.25, -0.2) is 4.98 Å². The number of rotatable bonds is 6. The van der Waals surface area contributed by atoms with Crippen molar-refractivity contribution in [3.8, 4) is 9.88 Å². The number of thiazole rings is 1. The summed E-state index contributed by atoms with van der Waals surface area (Å²) in [6.07, 6.45) is 1.54. The molecule has 6 nitrogen and oxygen atoms in total. The molecule has 0 atom stereocenters. The smallest absolute Gasteiger partial charge is 0.263 e. The van der Waals surface area contributed by atoms with E-state index in [1.54, 1.807) is 25.1 Å². The molecule has 0 aliphatic carbocycles. The Balaban J connectivity index is 1.56. The molecule has 9 heteroatoms. The Morgan fingerprint density at radius 3 is 2.76 bits per heavy atom. The molecule has 0 aromatic carbocycles. The van der Waals surface area contributed by atoms with Crippen LogP contribution in [0.5, 0.6) is 0 Å². The number of carbonyl (C=O) groups excluding carboxylic acids is 2. The van der Waals surface area contributed by atoms with E-state index < -0.39 is 0 Å². The van der Waals surface area contributed by atoms with Crippen molar-refractivity contribution in [2.75, 3.05) is 6.54 Å². The maximum absolute atomic E-state index is 12.3. The van der Waals surface area contributed by atoms with Crippen molar-refractivity contribution in [1.29, 1.82) is 0 Å². The highest BCUT2D eigenvalue weighted by Gasteiger charge is 2.17. The molecular formula is C16H14ClN3O3S2. The van der Waals surface area contributed by atoms with Gasteiger partial charge in [0.25, 0.3) is 5.91 Å². The first-order chi connectivity index (χ1) is 12.0. The van der Waals surface area contributed by atoms with Gasteiger partial charge in [0.05, 0.1) is 34.3 Å². The Labute approximate surface area is 156 Å². The van der Waals surface area contributed by atoms with E-state index in [1.807, 2.05) is 6.07 Å². The number of amides is 2. The Bertz CT molecular complexity index is 886.